The standard InChI is InChI=1S/C19H23N3O3S2.ClH/c1-3-25-18(24)16-19(26-11-13-7-5-4-6-8-13)27-17-15(9-14(20)10-23)12(2)21-22(16)17;/h4-8,14,23H,3,9-11,20H2,1-2H3;1H. The number of rotatable bonds is 8. The molecule has 3 aromatic rings. The van der Waals surface area contributed by atoms with Crippen LogP contribution < -0.4 is 5.73 Å². The second-order valence-corrected chi connectivity index (χ2v) is 8.40. The Balaban J connectivity index is 0.00000280. The Bertz CT molecular complexity index is 928. The quantitative estimate of drug-likeness (QED) is 0.411. The van der Waals surface area contributed by atoms with Gasteiger partial charge in [-0.05, 0) is 25.8 Å². The van der Waals surface area contributed by atoms with Crippen LogP contribution in [-0.4, -0.2) is 39.9 Å². The van der Waals surface area contributed by atoms with Crippen LogP contribution in [0, 0.1) is 6.92 Å². The molecule has 0 bridgehead atoms. The van der Waals surface area contributed by atoms with Gasteiger partial charge >= 0.3 is 5.97 Å². The van der Waals surface area contributed by atoms with Gasteiger partial charge < -0.3 is 15.6 Å². The summed E-state index contributed by atoms with van der Waals surface area (Å²) in [5.74, 6) is 0.376. The Hall–Kier alpha value is -1.58. The van der Waals surface area contributed by atoms with E-state index >= 15 is 0 Å². The third-order valence-electron chi connectivity index (χ3n) is 4.11. The molecule has 3 rings (SSSR count). The zero-order valence-electron chi connectivity index (χ0n) is 15.8. The molecule has 0 aliphatic heterocycles. The van der Waals surface area contributed by atoms with Crippen LogP contribution in [-0.2, 0) is 16.9 Å². The second-order valence-electron chi connectivity index (χ2n) is 6.16. The zero-order valence-corrected chi connectivity index (χ0v) is 18.2. The number of nitrogens with two attached hydrogens (primary N) is 1. The number of halogens is 1. The number of aliphatic hydroxyl groups excluding tert-OH is 1. The number of hydrogen-bond acceptors (Lipinski definition) is 7. The molecular formula is C19H24ClN3O3S2. The van der Waals surface area contributed by atoms with Crippen LogP contribution in [0.3, 0.4) is 0 Å². The number of fused-ring (bicyclic) bond motifs is 1. The summed E-state index contributed by atoms with van der Waals surface area (Å²) in [6.07, 6.45) is 0.511. The molecule has 9 heteroatoms. The van der Waals surface area contributed by atoms with E-state index in [-0.39, 0.29) is 31.0 Å². The minimum absolute atomic E-state index is 0. The Morgan fingerprint density at radius 1 is 1.39 bits per heavy atom. The third-order valence-corrected chi connectivity index (χ3v) is 6.64. The molecule has 2 heterocycles. The van der Waals surface area contributed by atoms with Crippen molar-refractivity contribution in [3.63, 3.8) is 0 Å². The number of ether oxygens (including phenoxy) is 1. The SMILES string of the molecule is CCOC(=O)c1c(SCc2ccccc2)sc2c(CC(N)CO)c(C)nn12.Cl. The Morgan fingerprint density at radius 2 is 2.11 bits per heavy atom. The number of nitrogens with zero attached hydrogens (tertiary/aromatic N) is 2. The lowest BCUT2D eigenvalue weighted by atomic mass is 10.1. The molecule has 0 spiro atoms. The first-order chi connectivity index (χ1) is 13.0. The van der Waals surface area contributed by atoms with E-state index in [1.54, 1.807) is 23.2 Å². The van der Waals surface area contributed by atoms with E-state index < -0.39 is 0 Å². The van der Waals surface area contributed by atoms with Crippen LogP contribution in [0.1, 0.15) is 34.2 Å². The van der Waals surface area contributed by atoms with Crippen molar-refractivity contribution in [2.75, 3.05) is 13.2 Å². The summed E-state index contributed by atoms with van der Waals surface area (Å²) in [7, 11) is 0. The summed E-state index contributed by atoms with van der Waals surface area (Å²) >= 11 is 3.12. The number of hydrogen-bond donors (Lipinski definition) is 2. The largest absolute Gasteiger partial charge is 0.461 e. The number of thiazole rings is 1. The van der Waals surface area contributed by atoms with Gasteiger partial charge in [0.25, 0.3) is 0 Å². The van der Waals surface area contributed by atoms with Gasteiger partial charge in [0.2, 0.25) is 0 Å². The van der Waals surface area contributed by atoms with Crippen molar-refractivity contribution in [1.29, 1.82) is 0 Å². The van der Waals surface area contributed by atoms with E-state index in [4.69, 9.17) is 10.5 Å². The first-order valence-electron chi connectivity index (χ1n) is 8.76. The van der Waals surface area contributed by atoms with Crippen molar-refractivity contribution in [2.24, 2.45) is 5.73 Å². The van der Waals surface area contributed by atoms with Gasteiger partial charge in [0, 0.05) is 17.4 Å². The maximum atomic E-state index is 12.6. The summed E-state index contributed by atoms with van der Waals surface area (Å²) in [5, 5.41) is 13.9. The van der Waals surface area contributed by atoms with Gasteiger partial charge in [0.05, 0.1) is 23.1 Å². The summed E-state index contributed by atoms with van der Waals surface area (Å²) < 4.78 is 7.81. The van der Waals surface area contributed by atoms with Gasteiger partial charge in [0.15, 0.2) is 5.69 Å². The lowest BCUT2D eigenvalue weighted by molar-refractivity contribution is 0.0513. The Morgan fingerprint density at radius 3 is 2.75 bits per heavy atom. The van der Waals surface area contributed by atoms with Gasteiger partial charge in [0.1, 0.15) is 4.83 Å². The van der Waals surface area contributed by atoms with Crippen molar-refractivity contribution in [1.82, 2.24) is 9.61 Å². The molecule has 0 radical (unpaired) electrons. The van der Waals surface area contributed by atoms with Gasteiger partial charge in [-0.1, -0.05) is 30.3 Å². The average molecular weight is 442 g/mol. The Labute approximate surface area is 178 Å². The fourth-order valence-corrected chi connectivity index (χ4v) is 5.23. The lowest BCUT2D eigenvalue weighted by Crippen LogP contribution is -2.26. The third kappa shape index (κ3) is 4.87. The average Bonchev–Trinajstić information content (AvgIpc) is 3.16. The second kappa shape index (κ2) is 10.3. The predicted octanol–water partition coefficient (Wildman–Crippen LogP) is 3.46. The summed E-state index contributed by atoms with van der Waals surface area (Å²) in [6, 6.07) is 9.75. The molecule has 1 aromatic carbocycles. The topological polar surface area (TPSA) is 89.8 Å². The first kappa shape index (κ1) is 22.7. The molecule has 6 nitrogen and oxygen atoms in total. The predicted molar refractivity (Wildman–Crippen MR) is 116 cm³/mol. The number of aliphatic hydroxyl groups is 1. The van der Waals surface area contributed by atoms with Crippen molar-refractivity contribution >= 4 is 46.3 Å². The van der Waals surface area contributed by atoms with E-state index in [1.807, 2.05) is 25.1 Å². The minimum Gasteiger partial charge on any atom is -0.461 e. The van der Waals surface area contributed by atoms with Gasteiger partial charge in [-0.15, -0.1) is 35.5 Å². The maximum Gasteiger partial charge on any atom is 0.359 e. The van der Waals surface area contributed by atoms with Crippen molar-refractivity contribution in [3.05, 3.63) is 52.8 Å². The van der Waals surface area contributed by atoms with E-state index in [0.717, 1.165) is 26.0 Å². The molecule has 152 valence electrons. The van der Waals surface area contributed by atoms with Crippen LogP contribution in [0.5, 0.6) is 0 Å². The Kier molecular flexibility index (Phi) is 8.33. The van der Waals surface area contributed by atoms with Gasteiger partial charge in [-0.2, -0.15) is 5.10 Å². The van der Waals surface area contributed by atoms with Gasteiger partial charge in [-0.25, -0.2) is 9.31 Å². The molecule has 0 aliphatic rings. The van der Waals surface area contributed by atoms with Crippen molar-refractivity contribution in [3.8, 4) is 0 Å². The summed E-state index contributed by atoms with van der Waals surface area (Å²) in [4.78, 5) is 13.5. The fourth-order valence-electron chi connectivity index (χ4n) is 2.77. The molecule has 0 fully saturated rings. The molecule has 3 N–H and O–H groups in total. The normalized spacial score (nSPS) is 12.0. The number of carbonyl (C=O) groups is 1. The minimum atomic E-state index is -0.375. The highest BCUT2D eigenvalue weighted by Gasteiger charge is 2.25. The highest BCUT2D eigenvalue weighted by Crippen LogP contribution is 2.37. The number of aryl methyl sites for hydroxylation is 1. The van der Waals surface area contributed by atoms with E-state index in [1.165, 1.54) is 16.9 Å². The monoisotopic (exact) mass is 441 g/mol. The molecular weight excluding hydrogens is 418 g/mol. The smallest absolute Gasteiger partial charge is 0.359 e. The van der Waals surface area contributed by atoms with Crippen LogP contribution in [0.4, 0.5) is 0 Å². The number of esters is 1. The van der Waals surface area contributed by atoms with Gasteiger partial charge in [-0.3, -0.25) is 0 Å². The number of thioether (sulfide) groups is 1. The zero-order chi connectivity index (χ0) is 19.4. The summed E-state index contributed by atoms with van der Waals surface area (Å²) in [5.41, 5.74) is 9.36. The van der Waals surface area contributed by atoms with Crippen LogP contribution in [0.15, 0.2) is 34.5 Å². The highest BCUT2D eigenvalue weighted by molar-refractivity contribution is 8.00. The number of carbonyl (C=O) groups excluding carboxylic acids is 1. The van der Waals surface area contributed by atoms with E-state index in [0.29, 0.717) is 18.7 Å². The molecule has 2 aromatic heterocycles. The van der Waals surface area contributed by atoms with Crippen LogP contribution >= 0.6 is 35.5 Å². The molecule has 0 amide bonds. The molecule has 0 saturated heterocycles. The van der Waals surface area contributed by atoms with Crippen LogP contribution in [0.2, 0.25) is 0 Å². The first-order valence-corrected chi connectivity index (χ1v) is 10.6. The number of aromatic nitrogens is 2. The fraction of sp³-hybridized carbons (Fsp3) is 0.368. The van der Waals surface area contributed by atoms with Crippen molar-refractivity contribution < 1.29 is 14.6 Å². The molecule has 1 unspecified atom stereocenters. The molecule has 0 aliphatic carbocycles. The van der Waals surface area contributed by atoms with Crippen LogP contribution in [0.25, 0.3) is 4.83 Å². The lowest BCUT2D eigenvalue weighted by Gasteiger charge is -2.06. The molecule has 1 atom stereocenters. The van der Waals surface area contributed by atoms with Crippen molar-refractivity contribution in [2.45, 2.75) is 36.3 Å². The van der Waals surface area contributed by atoms with E-state index in [9.17, 15) is 9.90 Å². The number of benzene rings is 1. The molecule has 28 heavy (non-hydrogen) atoms. The maximum absolute atomic E-state index is 12.6. The highest BCUT2D eigenvalue weighted by atomic mass is 35.5. The van der Waals surface area contributed by atoms with E-state index in [2.05, 4.69) is 17.2 Å². The molecule has 0 saturated carbocycles. The summed E-state index contributed by atoms with van der Waals surface area (Å²) in [6.45, 7) is 3.90.